The molecule has 5 rings (SSSR count). The molecule has 14 heteroatoms. The Morgan fingerprint density at radius 2 is 1.73 bits per heavy atom. The summed E-state index contributed by atoms with van der Waals surface area (Å²) in [7, 11) is 3.25. The molecule has 10 nitrogen and oxygen atoms in total. The molecule has 3 aromatic rings. The zero-order valence-electron chi connectivity index (χ0n) is 26.4. The van der Waals surface area contributed by atoms with E-state index < -0.39 is 24.7 Å². The minimum Gasteiger partial charge on any atom is -0.619 e. The van der Waals surface area contributed by atoms with Gasteiger partial charge >= 0.3 is 12.6 Å². The van der Waals surface area contributed by atoms with Crippen LogP contribution in [-0.2, 0) is 16.0 Å². The van der Waals surface area contributed by atoms with Crippen molar-refractivity contribution in [1.82, 2.24) is 9.80 Å². The number of rotatable bonds is 13. The molecular formula is C34H35Cl2F2N3O7. The average Bonchev–Trinajstić information content (AvgIpc) is 3.76. The Morgan fingerprint density at radius 1 is 1.02 bits per heavy atom. The second-order valence-corrected chi connectivity index (χ2v) is 12.9. The van der Waals surface area contributed by atoms with Crippen molar-refractivity contribution >= 4 is 41.0 Å². The molecule has 1 saturated carbocycles. The molecular weight excluding hydrogens is 671 g/mol. The second-order valence-electron chi connectivity index (χ2n) is 12.1. The number of aromatic nitrogens is 1. The lowest BCUT2D eigenvalue weighted by Gasteiger charge is -2.26. The van der Waals surface area contributed by atoms with Crippen LogP contribution in [0.1, 0.15) is 70.1 Å². The van der Waals surface area contributed by atoms with Gasteiger partial charge in [-0.2, -0.15) is 13.5 Å². The number of amides is 2. The molecule has 1 aliphatic carbocycles. The molecule has 256 valence electrons. The highest BCUT2D eigenvalue weighted by Crippen LogP contribution is 2.38. The third-order valence-electron chi connectivity index (χ3n) is 8.25. The van der Waals surface area contributed by atoms with E-state index in [0.717, 1.165) is 25.2 Å². The van der Waals surface area contributed by atoms with Gasteiger partial charge in [-0.05, 0) is 67.5 Å². The van der Waals surface area contributed by atoms with Gasteiger partial charge in [-0.1, -0.05) is 35.3 Å². The summed E-state index contributed by atoms with van der Waals surface area (Å²) in [6.45, 7) is -2.35. The molecule has 0 radical (unpaired) electrons. The Hall–Kier alpha value is -4.16. The summed E-state index contributed by atoms with van der Waals surface area (Å²) >= 11 is 12.7. The van der Waals surface area contributed by atoms with Gasteiger partial charge in [0.05, 0.1) is 13.0 Å². The van der Waals surface area contributed by atoms with E-state index in [9.17, 15) is 28.4 Å². The molecule has 1 aromatic heterocycles. The van der Waals surface area contributed by atoms with E-state index in [1.54, 1.807) is 37.2 Å². The number of benzene rings is 2. The fourth-order valence-corrected chi connectivity index (χ4v) is 6.18. The first-order chi connectivity index (χ1) is 22.9. The summed E-state index contributed by atoms with van der Waals surface area (Å²) in [5.74, 6) is -0.968. The van der Waals surface area contributed by atoms with Crippen molar-refractivity contribution in [2.75, 3.05) is 27.2 Å². The van der Waals surface area contributed by atoms with E-state index in [-0.39, 0.29) is 46.2 Å². The number of ether oxygens (including phenoxy) is 3. The van der Waals surface area contributed by atoms with Crippen molar-refractivity contribution in [3.8, 4) is 11.5 Å². The molecule has 1 aliphatic heterocycles. The third kappa shape index (κ3) is 8.84. The number of hydrogen-bond donors (Lipinski definition) is 0. The number of pyridine rings is 1. The summed E-state index contributed by atoms with van der Waals surface area (Å²) in [6.07, 6.45) is 4.18. The molecule has 2 amide bonds. The quantitative estimate of drug-likeness (QED) is 0.118. The van der Waals surface area contributed by atoms with Gasteiger partial charge in [-0.3, -0.25) is 14.4 Å². The molecule has 2 fully saturated rings. The molecule has 2 heterocycles. The fraction of sp³-hybridized carbons (Fsp3) is 0.412. The van der Waals surface area contributed by atoms with Gasteiger partial charge in [0.1, 0.15) is 16.1 Å². The number of likely N-dealkylation sites (tertiary alicyclic amines) is 1. The molecule has 2 aromatic carbocycles. The highest BCUT2D eigenvalue weighted by atomic mass is 35.5. The lowest BCUT2D eigenvalue weighted by molar-refractivity contribution is -0.605. The van der Waals surface area contributed by atoms with Crippen LogP contribution in [0.25, 0.3) is 0 Å². The molecule has 1 saturated heterocycles. The lowest BCUT2D eigenvalue weighted by atomic mass is 10.0. The van der Waals surface area contributed by atoms with Crippen molar-refractivity contribution in [3.05, 3.63) is 92.4 Å². The largest absolute Gasteiger partial charge is 0.619 e. The van der Waals surface area contributed by atoms with E-state index in [0.29, 0.717) is 58.9 Å². The number of alkyl halides is 2. The van der Waals surface area contributed by atoms with E-state index in [1.807, 2.05) is 0 Å². The molecule has 48 heavy (non-hydrogen) atoms. The number of esters is 1. The normalized spacial score (nSPS) is 16.5. The zero-order valence-corrected chi connectivity index (χ0v) is 27.9. The van der Waals surface area contributed by atoms with Crippen molar-refractivity contribution in [1.29, 1.82) is 0 Å². The van der Waals surface area contributed by atoms with Crippen LogP contribution in [0.5, 0.6) is 11.5 Å². The second kappa shape index (κ2) is 15.4. The van der Waals surface area contributed by atoms with Gasteiger partial charge in [0.15, 0.2) is 23.9 Å². The van der Waals surface area contributed by atoms with Gasteiger partial charge in [0.2, 0.25) is 0 Å². The zero-order chi connectivity index (χ0) is 34.5. The van der Waals surface area contributed by atoms with Crippen LogP contribution < -0.4 is 14.2 Å². The molecule has 2 aliphatic rings. The van der Waals surface area contributed by atoms with E-state index >= 15 is 0 Å². The average molecular weight is 707 g/mol. The first-order valence-electron chi connectivity index (χ1n) is 15.5. The maximum Gasteiger partial charge on any atom is 0.387 e. The smallest absolute Gasteiger partial charge is 0.387 e. The molecule has 0 N–H and O–H groups in total. The number of carbonyl (C=O) groups excluding carboxylic acids is 3. The fourth-order valence-electron chi connectivity index (χ4n) is 5.59. The Morgan fingerprint density at radius 3 is 2.40 bits per heavy atom. The van der Waals surface area contributed by atoms with Crippen LogP contribution in [0, 0.1) is 11.1 Å². The summed E-state index contributed by atoms with van der Waals surface area (Å²) in [4.78, 5) is 42.6. The van der Waals surface area contributed by atoms with Crippen molar-refractivity contribution in [2.24, 2.45) is 5.92 Å². The minimum atomic E-state index is -3.08. The summed E-state index contributed by atoms with van der Waals surface area (Å²) in [5.41, 5.74) is 1.43. The highest BCUT2D eigenvalue weighted by Gasteiger charge is 2.33. The van der Waals surface area contributed by atoms with Crippen molar-refractivity contribution in [2.45, 2.75) is 57.3 Å². The predicted molar refractivity (Wildman–Crippen MR) is 172 cm³/mol. The number of carbonyl (C=O) groups is 3. The standard InChI is InChI=1S/C34H35Cl2F2N3O7/c1-39(2)32(43)22-5-3-6-23(13-22)33(44)41-12-4-7-24(41)15-31(42)47-29(16-25-26(35)17-40(45)18-27(25)36)21-10-11-28(48-34(37)38)30(14-21)46-19-20-8-9-20/h3,5-6,10-11,13-14,17-18,20,24,29,34H,4,7-9,12,15-16,19H2,1-2H3/t24-,29-/m0/s1. The van der Waals surface area contributed by atoms with E-state index in [1.165, 1.54) is 29.2 Å². The van der Waals surface area contributed by atoms with Gasteiger partial charge in [-0.15, -0.1) is 0 Å². The first kappa shape index (κ1) is 35.2. The SMILES string of the molecule is CN(C)C(=O)c1cccc(C(=O)N2CCC[C@H]2CC(=O)O[C@@H](Cc2c(Cl)c[n+]([O-])cc2Cl)c2ccc(OC(F)F)c(OCC3CC3)c2)c1. The van der Waals surface area contributed by atoms with Crippen molar-refractivity contribution < 1.29 is 42.1 Å². The van der Waals surface area contributed by atoms with E-state index in [4.69, 9.17) is 32.7 Å². The summed E-state index contributed by atoms with van der Waals surface area (Å²) in [5, 5.41) is 12.0. The Kier molecular flexibility index (Phi) is 11.3. The monoisotopic (exact) mass is 705 g/mol. The van der Waals surface area contributed by atoms with Crippen molar-refractivity contribution in [3.63, 3.8) is 0 Å². The third-order valence-corrected chi connectivity index (χ3v) is 8.90. The number of halogens is 4. The number of hydrogen-bond acceptors (Lipinski definition) is 7. The predicted octanol–water partition coefficient (Wildman–Crippen LogP) is 6.24. The maximum atomic E-state index is 13.6. The molecule has 2 atom stereocenters. The lowest BCUT2D eigenvalue weighted by Crippen LogP contribution is -2.37. The van der Waals surface area contributed by atoms with Gasteiger partial charge in [0, 0.05) is 49.8 Å². The number of nitrogens with zero attached hydrogens (tertiary/aromatic N) is 3. The van der Waals surface area contributed by atoms with Crippen LogP contribution in [0.2, 0.25) is 10.0 Å². The van der Waals surface area contributed by atoms with Crippen LogP contribution in [-0.4, -0.2) is 67.5 Å². The van der Waals surface area contributed by atoms with Crippen LogP contribution in [0.3, 0.4) is 0 Å². The Labute approximate surface area is 286 Å². The first-order valence-corrected chi connectivity index (χ1v) is 16.3. The topological polar surface area (TPSA) is 112 Å². The maximum absolute atomic E-state index is 13.6. The van der Waals surface area contributed by atoms with Gasteiger partial charge in [-0.25, -0.2) is 0 Å². The Bertz CT molecular complexity index is 1650. The molecule has 0 spiro atoms. The van der Waals surface area contributed by atoms with E-state index in [2.05, 4.69) is 4.74 Å². The Balaban J connectivity index is 1.38. The highest BCUT2D eigenvalue weighted by molar-refractivity contribution is 6.35. The summed E-state index contributed by atoms with van der Waals surface area (Å²) < 4.78 is 43.3. The van der Waals surface area contributed by atoms with Gasteiger partial charge < -0.3 is 29.2 Å². The molecule has 0 unspecified atom stereocenters. The van der Waals surface area contributed by atoms with Crippen LogP contribution >= 0.6 is 23.2 Å². The van der Waals surface area contributed by atoms with Crippen LogP contribution in [0.15, 0.2) is 54.9 Å². The summed E-state index contributed by atoms with van der Waals surface area (Å²) in [6, 6.07) is 10.2. The van der Waals surface area contributed by atoms with Gasteiger partial charge in [0.25, 0.3) is 11.8 Å². The molecule has 0 bridgehead atoms. The minimum absolute atomic E-state index is 0.0453. The van der Waals surface area contributed by atoms with Crippen LogP contribution in [0.4, 0.5) is 8.78 Å².